The topological polar surface area (TPSA) is 41.0 Å². The van der Waals surface area contributed by atoms with E-state index in [0.717, 1.165) is 30.4 Å². The summed E-state index contributed by atoms with van der Waals surface area (Å²) in [6.07, 6.45) is 4.12. The summed E-state index contributed by atoms with van der Waals surface area (Å²) in [5.41, 5.74) is 3.41. The van der Waals surface area contributed by atoms with Crippen LogP contribution in [0.3, 0.4) is 0 Å². The standard InChI is InChI=1S/C20H20N4/c1-2-8-16(9-3-1)17-10-4-5-11-18(17)23-19-14-20(22-15-21-19)24-12-6-7-13-24/h1-5,8-11,14-15H,6-7,12-13H2,(H,21,22,23). The molecule has 24 heavy (non-hydrogen) atoms. The highest BCUT2D eigenvalue weighted by Crippen LogP contribution is 2.30. The first-order valence-electron chi connectivity index (χ1n) is 8.39. The Kier molecular flexibility index (Phi) is 4.11. The van der Waals surface area contributed by atoms with Gasteiger partial charge in [0.1, 0.15) is 18.0 Å². The maximum atomic E-state index is 4.42. The summed E-state index contributed by atoms with van der Waals surface area (Å²) in [7, 11) is 0. The van der Waals surface area contributed by atoms with Gasteiger partial charge in [0.15, 0.2) is 0 Å². The van der Waals surface area contributed by atoms with E-state index in [1.165, 1.54) is 24.0 Å². The molecule has 1 aromatic heterocycles. The lowest BCUT2D eigenvalue weighted by atomic mass is 10.0. The normalized spacial score (nSPS) is 13.9. The summed E-state index contributed by atoms with van der Waals surface area (Å²) >= 11 is 0. The van der Waals surface area contributed by atoms with Crippen LogP contribution < -0.4 is 10.2 Å². The molecular weight excluding hydrogens is 296 g/mol. The van der Waals surface area contributed by atoms with Crippen LogP contribution in [0.2, 0.25) is 0 Å². The SMILES string of the molecule is c1ccc(-c2ccccc2Nc2cc(N3CCCC3)ncn2)cc1. The Morgan fingerprint density at radius 3 is 2.42 bits per heavy atom. The number of nitrogens with zero attached hydrogens (tertiary/aromatic N) is 3. The molecule has 1 aliphatic rings. The molecule has 1 saturated heterocycles. The Balaban J connectivity index is 1.63. The van der Waals surface area contributed by atoms with E-state index in [1.54, 1.807) is 6.33 Å². The molecule has 0 unspecified atom stereocenters. The van der Waals surface area contributed by atoms with Gasteiger partial charge >= 0.3 is 0 Å². The van der Waals surface area contributed by atoms with Crippen molar-refractivity contribution >= 4 is 17.3 Å². The predicted octanol–water partition coefficient (Wildman–Crippen LogP) is 4.49. The number of para-hydroxylation sites is 1. The molecule has 0 radical (unpaired) electrons. The van der Waals surface area contributed by atoms with Gasteiger partial charge in [0, 0.05) is 30.4 Å². The fraction of sp³-hybridized carbons (Fsp3) is 0.200. The van der Waals surface area contributed by atoms with Gasteiger partial charge in [0.05, 0.1) is 0 Å². The highest BCUT2D eigenvalue weighted by atomic mass is 15.2. The van der Waals surface area contributed by atoms with Gasteiger partial charge < -0.3 is 10.2 Å². The number of rotatable bonds is 4. The molecule has 4 rings (SSSR count). The van der Waals surface area contributed by atoms with Crippen LogP contribution in [0.1, 0.15) is 12.8 Å². The third-order valence-electron chi connectivity index (χ3n) is 4.36. The van der Waals surface area contributed by atoms with E-state index >= 15 is 0 Å². The Morgan fingerprint density at radius 1 is 0.833 bits per heavy atom. The maximum absolute atomic E-state index is 4.42. The Hall–Kier alpha value is -2.88. The summed E-state index contributed by atoms with van der Waals surface area (Å²) in [5, 5.41) is 3.46. The minimum atomic E-state index is 0.829. The summed E-state index contributed by atoms with van der Waals surface area (Å²) < 4.78 is 0. The predicted molar refractivity (Wildman–Crippen MR) is 98.6 cm³/mol. The maximum Gasteiger partial charge on any atom is 0.135 e. The zero-order valence-corrected chi connectivity index (χ0v) is 13.5. The lowest BCUT2D eigenvalue weighted by Gasteiger charge is -2.17. The number of hydrogen-bond acceptors (Lipinski definition) is 4. The molecule has 0 saturated carbocycles. The van der Waals surface area contributed by atoms with Crippen LogP contribution >= 0.6 is 0 Å². The van der Waals surface area contributed by atoms with Gasteiger partial charge in [-0.15, -0.1) is 0 Å². The monoisotopic (exact) mass is 316 g/mol. The average Bonchev–Trinajstić information content (AvgIpc) is 3.18. The number of anilines is 3. The third-order valence-corrected chi connectivity index (χ3v) is 4.36. The van der Waals surface area contributed by atoms with E-state index in [-0.39, 0.29) is 0 Å². The van der Waals surface area contributed by atoms with E-state index in [4.69, 9.17) is 0 Å². The van der Waals surface area contributed by atoms with Crippen molar-refractivity contribution in [3.63, 3.8) is 0 Å². The van der Waals surface area contributed by atoms with Crippen molar-refractivity contribution in [2.24, 2.45) is 0 Å². The van der Waals surface area contributed by atoms with Crippen LogP contribution in [-0.2, 0) is 0 Å². The Morgan fingerprint density at radius 2 is 1.58 bits per heavy atom. The zero-order valence-electron chi connectivity index (χ0n) is 13.5. The largest absolute Gasteiger partial charge is 0.356 e. The summed E-state index contributed by atoms with van der Waals surface area (Å²) in [6, 6.07) is 20.7. The number of hydrogen-bond donors (Lipinski definition) is 1. The zero-order chi connectivity index (χ0) is 16.2. The van der Waals surface area contributed by atoms with Gasteiger partial charge in [-0.3, -0.25) is 0 Å². The van der Waals surface area contributed by atoms with Crippen LogP contribution in [0, 0.1) is 0 Å². The van der Waals surface area contributed by atoms with E-state index in [9.17, 15) is 0 Å². The molecule has 1 aliphatic heterocycles. The number of aromatic nitrogens is 2. The molecule has 0 atom stereocenters. The van der Waals surface area contributed by atoms with Crippen molar-refractivity contribution in [3.05, 3.63) is 67.0 Å². The van der Waals surface area contributed by atoms with Crippen molar-refractivity contribution in [3.8, 4) is 11.1 Å². The summed E-state index contributed by atoms with van der Waals surface area (Å²) in [5.74, 6) is 1.83. The minimum absolute atomic E-state index is 0.829. The van der Waals surface area contributed by atoms with Crippen molar-refractivity contribution in [2.45, 2.75) is 12.8 Å². The highest BCUT2D eigenvalue weighted by molar-refractivity contribution is 5.80. The molecule has 0 aliphatic carbocycles. The second kappa shape index (κ2) is 6.71. The first-order chi connectivity index (χ1) is 11.9. The summed E-state index contributed by atoms with van der Waals surface area (Å²) in [4.78, 5) is 11.1. The Labute approximate surface area is 142 Å². The molecule has 3 aromatic rings. The molecular formula is C20H20N4. The van der Waals surface area contributed by atoms with Gasteiger partial charge in [0.2, 0.25) is 0 Å². The molecule has 0 bridgehead atoms. The van der Waals surface area contributed by atoms with Gasteiger partial charge in [-0.1, -0.05) is 48.5 Å². The van der Waals surface area contributed by atoms with E-state index in [2.05, 4.69) is 62.6 Å². The average molecular weight is 316 g/mol. The van der Waals surface area contributed by atoms with Gasteiger partial charge in [-0.05, 0) is 24.5 Å². The number of nitrogens with one attached hydrogen (secondary N) is 1. The van der Waals surface area contributed by atoms with Gasteiger partial charge in [-0.2, -0.15) is 0 Å². The molecule has 120 valence electrons. The van der Waals surface area contributed by atoms with Crippen molar-refractivity contribution in [1.82, 2.24) is 9.97 Å². The first kappa shape index (κ1) is 14.7. The molecule has 1 N–H and O–H groups in total. The van der Waals surface area contributed by atoms with E-state index in [0.29, 0.717) is 0 Å². The van der Waals surface area contributed by atoms with Gasteiger partial charge in [-0.25, -0.2) is 9.97 Å². The molecule has 4 heteroatoms. The Bertz CT molecular complexity index is 811. The van der Waals surface area contributed by atoms with Crippen molar-refractivity contribution in [2.75, 3.05) is 23.3 Å². The highest BCUT2D eigenvalue weighted by Gasteiger charge is 2.14. The van der Waals surface area contributed by atoms with Crippen LogP contribution in [0.5, 0.6) is 0 Å². The fourth-order valence-corrected chi connectivity index (χ4v) is 3.13. The molecule has 2 heterocycles. The van der Waals surface area contributed by atoms with Gasteiger partial charge in [0.25, 0.3) is 0 Å². The second-order valence-corrected chi connectivity index (χ2v) is 5.99. The van der Waals surface area contributed by atoms with Crippen LogP contribution in [-0.4, -0.2) is 23.1 Å². The quantitative estimate of drug-likeness (QED) is 0.770. The lowest BCUT2D eigenvalue weighted by molar-refractivity contribution is 0.928. The molecule has 2 aromatic carbocycles. The van der Waals surface area contributed by atoms with Crippen LogP contribution in [0.15, 0.2) is 67.0 Å². The van der Waals surface area contributed by atoms with Crippen LogP contribution in [0.25, 0.3) is 11.1 Å². The third kappa shape index (κ3) is 3.08. The fourth-order valence-electron chi connectivity index (χ4n) is 3.13. The van der Waals surface area contributed by atoms with Crippen molar-refractivity contribution < 1.29 is 0 Å². The second-order valence-electron chi connectivity index (χ2n) is 5.99. The molecule has 4 nitrogen and oxygen atoms in total. The lowest BCUT2D eigenvalue weighted by Crippen LogP contribution is -2.19. The van der Waals surface area contributed by atoms with Crippen molar-refractivity contribution in [1.29, 1.82) is 0 Å². The van der Waals surface area contributed by atoms with Crippen LogP contribution in [0.4, 0.5) is 17.3 Å². The summed E-state index contributed by atoms with van der Waals surface area (Å²) in [6.45, 7) is 2.16. The molecule has 0 amide bonds. The number of benzene rings is 2. The smallest absolute Gasteiger partial charge is 0.135 e. The first-order valence-corrected chi connectivity index (χ1v) is 8.39. The van der Waals surface area contributed by atoms with E-state index in [1.807, 2.05) is 18.2 Å². The molecule has 1 fully saturated rings. The molecule has 0 spiro atoms. The minimum Gasteiger partial charge on any atom is -0.356 e. The van der Waals surface area contributed by atoms with E-state index < -0.39 is 0 Å².